The standard InChI is InChI=1S/C32H44N2O4S/c1-4-5-11-34(31(36)32-18-24-14-25(19-32)16-26(15-24)20-32)22-30(35)33(21-27-7-6-13-39-27)12-10-23-8-9-28(37-2)29(17-23)38-3/h6-9,13,17,24-26H,4-5,10-12,14-16,18-22H2,1-3H3. The van der Waals surface area contributed by atoms with Crippen LogP contribution < -0.4 is 9.47 Å². The van der Waals surface area contributed by atoms with Gasteiger partial charge in [-0.25, -0.2) is 0 Å². The summed E-state index contributed by atoms with van der Waals surface area (Å²) in [6, 6.07) is 10.0. The lowest BCUT2D eigenvalue weighted by Gasteiger charge is -2.56. The van der Waals surface area contributed by atoms with E-state index in [2.05, 4.69) is 18.4 Å². The minimum atomic E-state index is -0.221. The predicted molar refractivity (Wildman–Crippen MR) is 155 cm³/mol. The van der Waals surface area contributed by atoms with Gasteiger partial charge < -0.3 is 19.3 Å². The maximum Gasteiger partial charge on any atom is 0.242 e. The highest BCUT2D eigenvalue weighted by molar-refractivity contribution is 7.09. The van der Waals surface area contributed by atoms with E-state index in [4.69, 9.17) is 9.47 Å². The van der Waals surface area contributed by atoms with Gasteiger partial charge in [0, 0.05) is 18.0 Å². The molecule has 6 rings (SSSR count). The molecular weight excluding hydrogens is 508 g/mol. The smallest absolute Gasteiger partial charge is 0.242 e. The number of carbonyl (C=O) groups excluding carboxylic acids is 2. The first-order valence-electron chi connectivity index (χ1n) is 14.7. The number of hydrogen-bond donors (Lipinski definition) is 0. The largest absolute Gasteiger partial charge is 0.493 e. The number of methoxy groups -OCH3 is 2. The van der Waals surface area contributed by atoms with Gasteiger partial charge in [-0.05, 0) is 98.3 Å². The van der Waals surface area contributed by atoms with Crippen LogP contribution in [0.15, 0.2) is 35.7 Å². The topological polar surface area (TPSA) is 59.1 Å². The number of carbonyl (C=O) groups is 2. The third-order valence-electron chi connectivity index (χ3n) is 9.28. The van der Waals surface area contributed by atoms with Gasteiger partial charge in [0.25, 0.3) is 0 Å². The summed E-state index contributed by atoms with van der Waals surface area (Å²) in [6.45, 7) is 4.15. The van der Waals surface area contributed by atoms with Gasteiger partial charge >= 0.3 is 0 Å². The molecule has 2 amide bonds. The third kappa shape index (κ3) is 6.29. The Labute approximate surface area is 237 Å². The monoisotopic (exact) mass is 552 g/mol. The first kappa shape index (κ1) is 28.0. The maximum atomic E-state index is 14.2. The molecule has 39 heavy (non-hydrogen) atoms. The summed E-state index contributed by atoms with van der Waals surface area (Å²) in [6.07, 6.45) is 9.68. The minimum Gasteiger partial charge on any atom is -0.493 e. The van der Waals surface area contributed by atoms with Crippen molar-refractivity contribution in [3.05, 3.63) is 46.2 Å². The molecule has 4 aliphatic carbocycles. The highest BCUT2D eigenvalue weighted by Crippen LogP contribution is 2.60. The Hall–Kier alpha value is -2.54. The first-order valence-corrected chi connectivity index (χ1v) is 15.6. The zero-order valence-electron chi connectivity index (χ0n) is 23.8. The first-order chi connectivity index (χ1) is 18.9. The summed E-state index contributed by atoms with van der Waals surface area (Å²) in [5.74, 6) is 3.82. The summed E-state index contributed by atoms with van der Waals surface area (Å²) in [5.41, 5.74) is 0.866. The van der Waals surface area contributed by atoms with E-state index in [-0.39, 0.29) is 23.8 Å². The van der Waals surface area contributed by atoms with Gasteiger partial charge in [-0.3, -0.25) is 9.59 Å². The maximum absolute atomic E-state index is 14.2. The Balaban J connectivity index is 1.31. The molecule has 4 bridgehead atoms. The fourth-order valence-electron chi connectivity index (χ4n) is 7.76. The van der Waals surface area contributed by atoms with Crippen molar-refractivity contribution in [3.8, 4) is 11.5 Å². The molecule has 4 saturated carbocycles. The number of amides is 2. The molecule has 1 heterocycles. The zero-order valence-corrected chi connectivity index (χ0v) is 24.6. The second-order valence-corrected chi connectivity index (χ2v) is 13.1. The fraction of sp³-hybridized carbons (Fsp3) is 0.625. The van der Waals surface area contributed by atoms with E-state index < -0.39 is 0 Å². The second kappa shape index (κ2) is 12.3. The number of nitrogens with zero attached hydrogens (tertiary/aromatic N) is 2. The molecule has 0 atom stereocenters. The molecule has 4 fully saturated rings. The van der Waals surface area contributed by atoms with E-state index in [1.165, 1.54) is 19.3 Å². The van der Waals surface area contributed by atoms with Crippen LogP contribution in [0.2, 0.25) is 0 Å². The van der Waals surface area contributed by atoms with Crippen molar-refractivity contribution in [2.24, 2.45) is 23.2 Å². The molecule has 0 N–H and O–H groups in total. The highest BCUT2D eigenvalue weighted by Gasteiger charge is 2.55. The quantitative estimate of drug-likeness (QED) is 0.298. The highest BCUT2D eigenvalue weighted by atomic mass is 32.1. The summed E-state index contributed by atoms with van der Waals surface area (Å²) in [4.78, 5) is 33.2. The van der Waals surface area contributed by atoms with E-state index in [0.717, 1.165) is 42.5 Å². The van der Waals surface area contributed by atoms with Crippen molar-refractivity contribution in [2.75, 3.05) is 33.9 Å². The predicted octanol–water partition coefficient (Wildman–Crippen LogP) is 6.18. The minimum absolute atomic E-state index is 0.0399. The Morgan fingerprint density at radius 3 is 2.23 bits per heavy atom. The Kier molecular flexibility index (Phi) is 8.85. The van der Waals surface area contributed by atoms with Crippen LogP contribution in [0.1, 0.15) is 68.7 Å². The summed E-state index contributed by atoms with van der Waals surface area (Å²) >= 11 is 1.67. The number of thiophene rings is 1. The Morgan fingerprint density at radius 1 is 0.949 bits per heavy atom. The number of benzene rings is 1. The molecule has 7 heteroatoms. The normalized spacial score (nSPS) is 24.9. The molecule has 4 aliphatic rings. The van der Waals surface area contributed by atoms with Gasteiger partial charge in [0.05, 0.1) is 32.7 Å². The lowest BCUT2D eigenvalue weighted by molar-refractivity contribution is -0.160. The molecule has 1 aromatic heterocycles. The second-order valence-electron chi connectivity index (χ2n) is 12.1. The van der Waals surface area contributed by atoms with Crippen LogP contribution in [-0.4, -0.2) is 55.5 Å². The van der Waals surface area contributed by atoms with E-state index in [0.29, 0.717) is 55.3 Å². The zero-order chi connectivity index (χ0) is 27.4. The molecule has 0 aliphatic heterocycles. The van der Waals surface area contributed by atoms with E-state index in [1.54, 1.807) is 25.6 Å². The molecule has 1 aromatic carbocycles. The third-order valence-corrected chi connectivity index (χ3v) is 10.1. The molecule has 212 valence electrons. The average molecular weight is 553 g/mol. The Bertz CT molecular complexity index is 1100. The van der Waals surface area contributed by atoms with Gasteiger partial charge in [-0.1, -0.05) is 25.5 Å². The molecule has 0 spiro atoms. The van der Waals surface area contributed by atoms with Gasteiger partial charge in [-0.15, -0.1) is 11.3 Å². The van der Waals surface area contributed by atoms with Crippen LogP contribution in [0.25, 0.3) is 0 Å². The molecule has 0 radical (unpaired) electrons. The summed E-state index contributed by atoms with van der Waals surface area (Å²) in [5, 5.41) is 2.05. The summed E-state index contributed by atoms with van der Waals surface area (Å²) in [7, 11) is 3.27. The summed E-state index contributed by atoms with van der Waals surface area (Å²) < 4.78 is 10.9. The van der Waals surface area contributed by atoms with Crippen molar-refractivity contribution in [2.45, 2.75) is 71.3 Å². The van der Waals surface area contributed by atoms with Crippen molar-refractivity contribution >= 4 is 23.2 Å². The number of rotatable bonds is 13. The average Bonchev–Trinajstić information content (AvgIpc) is 3.45. The number of unbranched alkanes of at least 4 members (excludes halogenated alkanes) is 1. The van der Waals surface area contributed by atoms with E-state index in [9.17, 15) is 9.59 Å². The van der Waals surface area contributed by atoms with Crippen LogP contribution in [0, 0.1) is 23.2 Å². The Morgan fingerprint density at radius 2 is 1.64 bits per heavy atom. The van der Waals surface area contributed by atoms with E-state index >= 15 is 0 Å². The van der Waals surface area contributed by atoms with Gasteiger partial charge in [0.2, 0.25) is 11.8 Å². The molecule has 6 nitrogen and oxygen atoms in total. The van der Waals surface area contributed by atoms with Crippen molar-refractivity contribution in [1.29, 1.82) is 0 Å². The lowest BCUT2D eigenvalue weighted by Crippen LogP contribution is -2.56. The van der Waals surface area contributed by atoms with Crippen molar-refractivity contribution in [3.63, 3.8) is 0 Å². The fourth-order valence-corrected chi connectivity index (χ4v) is 8.47. The number of ether oxygens (including phenoxy) is 2. The van der Waals surface area contributed by atoms with Crippen LogP contribution in [0.4, 0.5) is 0 Å². The van der Waals surface area contributed by atoms with Gasteiger partial charge in [-0.2, -0.15) is 0 Å². The van der Waals surface area contributed by atoms with Crippen LogP contribution in [0.3, 0.4) is 0 Å². The van der Waals surface area contributed by atoms with Gasteiger partial charge in [0.1, 0.15) is 0 Å². The van der Waals surface area contributed by atoms with Crippen LogP contribution >= 0.6 is 11.3 Å². The molecule has 2 aromatic rings. The SMILES string of the molecule is CCCCN(CC(=O)N(CCc1ccc(OC)c(OC)c1)Cc1cccs1)C(=O)C12CC3CC(CC(C3)C1)C2. The van der Waals surface area contributed by atoms with Crippen molar-refractivity contribution < 1.29 is 19.1 Å². The van der Waals surface area contributed by atoms with E-state index in [1.807, 2.05) is 34.1 Å². The lowest BCUT2D eigenvalue weighted by atomic mass is 9.49. The molecular formula is C32H44N2O4S. The van der Waals surface area contributed by atoms with Crippen LogP contribution in [0.5, 0.6) is 11.5 Å². The molecule has 0 unspecified atom stereocenters. The van der Waals surface area contributed by atoms with Crippen LogP contribution in [-0.2, 0) is 22.6 Å². The number of hydrogen-bond acceptors (Lipinski definition) is 5. The van der Waals surface area contributed by atoms with Gasteiger partial charge in [0.15, 0.2) is 11.5 Å². The molecule has 0 saturated heterocycles. The van der Waals surface area contributed by atoms with Crippen molar-refractivity contribution in [1.82, 2.24) is 9.80 Å².